The Kier molecular flexibility index (Phi) is 5.40. The standard InChI is InChI=1S/C24H24FN3O2/c1-4-16(2)24-26-21-10-9-19(13-22(21)27(24)3)28-12-11-20(14-23(28)29)30-15-17-5-7-18(25)8-6-17/h5-14,16H,4,15H2,1-3H3. The van der Waals surface area contributed by atoms with Gasteiger partial charge in [-0.1, -0.05) is 26.0 Å². The van der Waals surface area contributed by atoms with Gasteiger partial charge >= 0.3 is 0 Å². The molecule has 0 aliphatic rings. The van der Waals surface area contributed by atoms with E-state index in [9.17, 15) is 9.18 Å². The van der Waals surface area contributed by atoms with Gasteiger partial charge in [0.15, 0.2) is 0 Å². The Balaban J connectivity index is 1.59. The molecule has 6 heteroatoms. The van der Waals surface area contributed by atoms with Gasteiger partial charge in [-0.3, -0.25) is 9.36 Å². The minimum Gasteiger partial charge on any atom is -0.489 e. The minimum absolute atomic E-state index is 0.185. The maximum atomic E-state index is 13.0. The molecule has 0 bridgehead atoms. The lowest BCUT2D eigenvalue weighted by atomic mass is 10.1. The largest absolute Gasteiger partial charge is 0.489 e. The molecule has 0 saturated heterocycles. The number of ether oxygens (including phenoxy) is 1. The van der Waals surface area contributed by atoms with E-state index in [0.29, 0.717) is 11.7 Å². The predicted molar refractivity (Wildman–Crippen MR) is 116 cm³/mol. The van der Waals surface area contributed by atoms with Gasteiger partial charge in [-0.2, -0.15) is 0 Å². The molecule has 30 heavy (non-hydrogen) atoms. The Hall–Kier alpha value is -3.41. The monoisotopic (exact) mass is 405 g/mol. The molecule has 0 aliphatic heterocycles. The number of fused-ring (bicyclic) bond motifs is 1. The van der Waals surface area contributed by atoms with Crippen LogP contribution in [0, 0.1) is 5.82 Å². The number of aryl methyl sites for hydroxylation is 1. The van der Waals surface area contributed by atoms with Crippen LogP contribution in [0.5, 0.6) is 5.75 Å². The van der Waals surface area contributed by atoms with Gasteiger partial charge in [0.1, 0.15) is 24.0 Å². The van der Waals surface area contributed by atoms with Gasteiger partial charge in [0.05, 0.1) is 16.7 Å². The van der Waals surface area contributed by atoms with E-state index >= 15 is 0 Å². The minimum atomic E-state index is -0.289. The number of imidazole rings is 1. The molecule has 2 aromatic carbocycles. The molecule has 0 radical (unpaired) electrons. The average molecular weight is 405 g/mol. The highest BCUT2D eigenvalue weighted by Gasteiger charge is 2.14. The Morgan fingerprint density at radius 2 is 1.87 bits per heavy atom. The first-order chi connectivity index (χ1) is 14.5. The third-order valence-electron chi connectivity index (χ3n) is 5.44. The van der Waals surface area contributed by atoms with Gasteiger partial charge in [-0.05, 0) is 48.4 Å². The third kappa shape index (κ3) is 3.85. The number of nitrogens with zero attached hydrogens (tertiary/aromatic N) is 3. The number of aromatic nitrogens is 3. The summed E-state index contributed by atoms with van der Waals surface area (Å²) in [7, 11) is 2.01. The van der Waals surface area contributed by atoms with Crippen molar-refractivity contribution in [1.82, 2.24) is 14.1 Å². The summed E-state index contributed by atoms with van der Waals surface area (Å²) in [6.07, 6.45) is 2.72. The van der Waals surface area contributed by atoms with E-state index < -0.39 is 0 Å². The van der Waals surface area contributed by atoms with Crippen molar-refractivity contribution in [3.8, 4) is 11.4 Å². The van der Waals surface area contributed by atoms with E-state index in [2.05, 4.69) is 18.4 Å². The van der Waals surface area contributed by atoms with Crippen molar-refractivity contribution in [2.24, 2.45) is 7.05 Å². The summed E-state index contributed by atoms with van der Waals surface area (Å²) in [6, 6.07) is 15.1. The lowest BCUT2D eigenvalue weighted by molar-refractivity contribution is 0.305. The van der Waals surface area contributed by atoms with E-state index in [4.69, 9.17) is 9.72 Å². The molecule has 0 saturated carbocycles. The topological polar surface area (TPSA) is 49.1 Å². The highest BCUT2D eigenvalue weighted by molar-refractivity contribution is 5.78. The molecule has 0 N–H and O–H groups in total. The second-order valence-corrected chi connectivity index (χ2v) is 7.50. The first kappa shape index (κ1) is 19.9. The molecule has 0 fully saturated rings. The highest BCUT2D eigenvalue weighted by atomic mass is 19.1. The Morgan fingerprint density at radius 1 is 1.10 bits per heavy atom. The zero-order chi connectivity index (χ0) is 21.3. The van der Waals surface area contributed by atoms with Crippen LogP contribution >= 0.6 is 0 Å². The van der Waals surface area contributed by atoms with Crippen LogP contribution in [0.3, 0.4) is 0 Å². The van der Waals surface area contributed by atoms with E-state index in [0.717, 1.165) is 34.5 Å². The van der Waals surface area contributed by atoms with Crippen molar-refractivity contribution in [2.75, 3.05) is 0 Å². The maximum absolute atomic E-state index is 13.0. The number of hydrogen-bond acceptors (Lipinski definition) is 3. The van der Waals surface area contributed by atoms with Gasteiger partial charge in [0.25, 0.3) is 5.56 Å². The Labute approximate surface area is 174 Å². The van der Waals surface area contributed by atoms with Gasteiger partial charge < -0.3 is 9.30 Å². The number of halogens is 1. The van der Waals surface area contributed by atoms with E-state index in [1.165, 1.54) is 18.2 Å². The first-order valence-electron chi connectivity index (χ1n) is 10.0. The molecular formula is C24H24FN3O2. The molecule has 4 aromatic rings. The van der Waals surface area contributed by atoms with Crippen molar-refractivity contribution in [2.45, 2.75) is 32.8 Å². The normalized spacial score (nSPS) is 12.3. The summed E-state index contributed by atoms with van der Waals surface area (Å²) in [6.45, 7) is 4.58. The summed E-state index contributed by atoms with van der Waals surface area (Å²) in [5, 5.41) is 0. The summed E-state index contributed by atoms with van der Waals surface area (Å²) < 4.78 is 22.4. The smallest absolute Gasteiger partial charge is 0.258 e. The van der Waals surface area contributed by atoms with Gasteiger partial charge in [-0.25, -0.2) is 9.37 Å². The molecule has 0 amide bonds. The fourth-order valence-corrected chi connectivity index (χ4v) is 3.48. The number of hydrogen-bond donors (Lipinski definition) is 0. The zero-order valence-corrected chi connectivity index (χ0v) is 17.3. The van der Waals surface area contributed by atoms with Crippen LogP contribution in [0.25, 0.3) is 16.7 Å². The summed E-state index contributed by atoms with van der Waals surface area (Å²) in [4.78, 5) is 17.4. The van der Waals surface area contributed by atoms with E-state index in [1.807, 2.05) is 25.2 Å². The van der Waals surface area contributed by atoms with Crippen LogP contribution in [0.4, 0.5) is 4.39 Å². The molecule has 0 spiro atoms. The van der Waals surface area contributed by atoms with Crippen LogP contribution in [0.15, 0.2) is 65.6 Å². The summed E-state index contributed by atoms with van der Waals surface area (Å²) >= 11 is 0. The van der Waals surface area contributed by atoms with Crippen molar-refractivity contribution in [3.63, 3.8) is 0 Å². The first-order valence-corrected chi connectivity index (χ1v) is 10.0. The lowest BCUT2D eigenvalue weighted by Crippen LogP contribution is -2.16. The van der Waals surface area contributed by atoms with Crippen molar-refractivity contribution in [1.29, 1.82) is 0 Å². The van der Waals surface area contributed by atoms with Crippen molar-refractivity contribution in [3.05, 3.63) is 88.4 Å². The number of pyridine rings is 1. The number of rotatable bonds is 6. The van der Waals surface area contributed by atoms with Crippen LogP contribution in [0.1, 0.15) is 37.6 Å². The van der Waals surface area contributed by atoms with Crippen LogP contribution in [-0.4, -0.2) is 14.1 Å². The predicted octanol–water partition coefficient (Wildman–Crippen LogP) is 4.96. The molecule has 154 valence electrons. The molecule has 2 heterocycles. The summed E-state index contributed by atoms with van der Waals surface area (Å²) in [5.74, 6) is 1.59. The molecule has 1 atom stereocenters. The number of benzene rings is 2. The lowest BCUT2D eigenvalue weighted by Gasteiger charge is -2.10. The van der Waals surface area contributed by atoms with Crippen molar-refractivity contribution < 1.29 is 9.13 Å². The van der Waals surface area contributed by atoms with Crippen molar-refractivity contribution >= 4 is 11.0 Å². The maximum Gasteiger partial charge on any atom is 0.258 e. The van der Waals surface area contributed by atoms with Gasteiger partial charge in [-0.15, -0.1) is 0 Å². The Morgan fingerprint density at radius 3 is 2.57 bits per heavy atom. The van der Waals surface area contributed by atoms with Crippen LogP contribution in [0.2, 0.25) is 0 Å². The third-order valence-corrected chi connectivity index (χ3v) is 5.44. The van der Waals surface area contributed by atoms with E-state index in [1.54, 1.807) is 29.0 Å². The second kappa shape index (κ2) is 8.14. The quantitative estimate of drug-likeness (QED) is 0.456. The summed E-state index contributed by atoms with van der Waals surface area (Å²) in [5.41, 5.74) is 3.33. The fourth-order valence-electron chi connectivity index (χ4n) is 3.48. The van der Waals surface area contributed by atoms with Gasteiger partial charge in [0, 0.05) is 25.2 Å². The fraction of sp³-hybridized carbons (Fsp3) is 0.250. The van der Waals surface area contributed by atoms with E-state index in [-0.39, 0.29) is 18.0 Å². The Bertz CT molecular complexity index is 1240. The van der Waals surface area contributed by atoms with Crippen LogP contribution < -0.4 is 10.3 Å². The second-order valence-electron chi connectivity index (χ2n) is 7.50. The molecule has 4 rings (SSSR count). The van der Waals surface area contributed by atoms with Gasteiger partial charge in [0.2, 0.25) is 0 Å². The molecular weight excluding hydrogens is 381 g/mol. The molecule has 5 nitrogen and oxygen atoms in total. The average Bonchev–Trinajstić information content (AvgIpc) is 3.09. The molecule has 0 aliphatic carbocycles. The van der Waals surface area contributed by atoms with Crippen LogP contribution in [-0.2, 0) is 13.7 Å². The molecule has 2 aromatic heterocycles. The SMILES string of the molecule is CCC(C)c1nc2ccc(-n3ccc(OCc4ccc(F)cc4)cc3=O)cc2n1C. The highest BCUT2D eigenvalue weighted by Crippen LogP contribution is 2.24. The molecule has 1 unspecified atom stereocenters. The zero-order valence-electron chi connectivity index (χ0n) is 17.3.